The molecule has 9 aromatic heterocycles. The number of likely N-dealkylation sites (tertiary alicyclic amines) is 1. The van der Waals surface area contributed by atoms with Crippen LogP contribution in [0.5, 0.6) is 0 Å². The molecule has 0 unspecified atom stereocenters. The molecule has 0 aliphatic carbocycles. The highest BCUT2D eigenvalue weighted by atomic mass is 19.1. The number of piperidine rings is 2. The molecule has 3 fully saturated rings. The van der Waals surface area contributed by atoms with Gasteiger partial charge < -0.3 is 56.8 Å². The third-order valence-electron chi connectivity index (χ3n) is 19.0. The molecule has 3 saturated heterocycles. The highest BCUT2D eigenvalue weighted by molar-refractivity contribution is 6.08. The fourth-order valence-corrected chi connectivity index (χ4v) is 13.9. The Labute approximate surface area is 564 Å². The number of pyridine rings is 4. The van der Waals surface area contributed by atoms with E-state index in [0.717, 1.165) is 117 Å². The summed E-state index contributed by atoms with van der Waals surface area (Å²) >= 11 is 0. The lowest BCUT2D eigenvalue weighted by molar-refractivity contribution is -0.132. The van der Waals surface area contributed by atoms with Gasteiger partial charge in [0.05, 0.1) is 94.0 Å². The van der Waals surface area contributed by atoms with Crippen LogP contribution < -0.4 is 41.7 Å². The molecule has 99 heavy (non-hydrogen) atoms. The van der Waals surface area contributed by atoms with Gasteiger partial charge in [0.2, 0.25) is 5.91 Å². The Hall–Kier alpha value is -12.2. The van der Waals surface area contributed by atoms with Crippen LogP contribution in [0.2, 0.25) is 0 Å². The van der Waals surface area contributed by atoms with Crippen LogP contribution in [0.25, 0.3) is 50.7 Å². The van der Waals surface area contributed by atoms with Crippen molar-refractivity contribution in [3.05, 3.63) is 210 Å². The van der Waals surface area contributed by atoms with Gasteiger partial charge in [-0.05, 0) is 90.0 Å². The summed E-state index contributed by atoms with van der Waals surface area (Å²) in [5, 5.41) is 38.1. The van der Waals surface area contributed by atoms with Gasteiger partial charge in [0.1, 0.15) is 34.7 Å². The van der Waals surface area contributed by atoms with E-state index in [0.29, 0.717) is 103 Å². The first-order chi connectivity index (χ1) is 48.3. The second-order valence-corrected chi connectivity index (χ2v) is 25.1. The fourth-order valence-electron chi connectivity index (χ4n) is 13.9. The number of carbonyl (C=O) groups is 4. The van der Waals surface area contributed by atoms with Crippen molar-refractivity contribution in [2.24, 2.45) is 0 Å². The van der Waals surface area contributed by atoms with Gasteiger partial charge in [0.25, 0.3) is 17.7 Å². The molecule has 6 aliphatic rings. The van der Waals surface area contributed by atoms with Crippen LogP contribution >= 0.6 is 0 Å². The molecule has 18 rings (SSSR count). The maximum Gasteiger partial charge on any atom is 0.254 e. The number of fused-ring (bicyclic) bond motifs is 6. The molecule has 496 valence electrons. The minimum Gasteiger partial charge on any atom is -0.393 e. The molecule has 1 atom stereocenters. The monoisotopic (exact) mass is 1320 g/mol. The summed E-state index contributed by atoms with van der Waals surface area (Å²) in [7, 11) is 1.84. The zero-order valence-electron chi connectivity index (χ0n) is 53.5. The van der Waals surface area contributed by atoms with Crippen molar-refractivity contribution >= 4 is 86.6 Å². The largest absolute Gasteiger partial charge is 0.393 e. The molecular formula is C72H65FN20O6. The second kappa shape index (κ2) is 25.7. The van der Waals surface area contributed by atoms with Gasteiger partial charge in [0.15, 0.2) is 11.3 Å². The average Bonchev–Trinajstić information content (AvgIpc) is 1.65. The van der Waals surface area contributed by atoms with Crippen molar-refractivity contribution < 1.29 is 33.8 Å². The molecule has 8 N–H and O–H groups in total. The van der Waals surface area contributed by atoms with Gasteiger partial charge in [-0.2, -0.15) is 0 Å². The van der Waals surface area contributed by atoms with Gasteiger partial charge in [-0.15, -0.1) is 0 Å². The number of aliphatic hydroxyl groups excluding tert-OH is 2. The normalized spacial score (nSPS) is 16.5. The van der Waals surface area contributed by atoms with Crippen molar-refractivity contribution in [2.45, 2.75) is 63.4 Å². The minimum absolute atomic E-state index is 0.106. The average molecular weight is 1330 g/mol. The van der Waals surface area contributed by atoms with E-state index in [2.05, 4.69) is 76.7 Å². The van der Waals surface area contributed by atoms with Gasteiger partial charge in [0, 0.05) is 150 Å². The number of nitrogens with one attached hydrogen (secondary N) is 6. The van der Waals surface area contributed by atoms with Crippen molar-refractivity contribution in [1.29, 1.82) is 0 Å². The van der Waals surface area contributed by atoms with E-state index in [4.69, 9.17) is 0 Å². The number of imidazole rings is 3. The Morgan fingerprint density at radius 1 is 0.505 bits per heavy atom. The van der Waals surface area contributed by atoms with Crippen molar-refractivity contribution in [3.8, 4) is 33.8 Å². The Kier molecular flexibility index (Phi) is 16.0. The number of hydrogen-bond donors (Lipinski definition) is 8. The molecule has 27 heteroatoms. The highest BCUT2D eigenvalue weighted by Crippen LogP contribution is 2.40. The zero-order valence-corrected chi connectivity index (χ0v) is 53.5. The molecule has 0 radical (unpaired) electrons. The van der Waals surface area contributed by atoms with Gasteiger partial charge in [-0.3, -0.25) is 42.3 Å². The van der Waals surface area contributed by atoms with E-state index in [9.17, 15) is 33.8 Å². The number of carbonyl (C=O) groups excluding carboxylic acids is 4. The molecule has 4 amide bonds. The molecule has 12 aromatic rings. The molecule has 0 saturated carbocycles. The third-order valence-corrected chi connectivity index (χ3v) is 19.0. The van der Waals surface area contributed by atoms with E-state index in [-0.39, 0.29) is 41.7 Å². The Balaban J connectivity index is 0.000000116. The molecule has 0 bridgehead atoms. The van der Waals surface area contributed by atoms with Gasteiger partial charge in [-0.1, -0.05) is 30.3 Å². The maximum atomic E-state index is 13.6. The van der Waals surface area contributed by atoms with E-state index < -0.39 is 0 Å². The van der Waals surface area contributed by atoms with Crippen LogP contribution in [0.4, 0.5) is 50.4 Å². The number of amides is 4. The number of anilines is 8. The number of nitrogens with zero attached hydrogens (tertiary/aromatic N) is 14. The molecule has 3 aromatic carbocycles. The lowest BCUT2D eigenvalue weighted by atomic mass is 9.91. The summed E-state index contributed by atoms with van der Waals surface area (Å²) in [5.74, 6) is 2.49. The predicted octanol–water partition coefficient (Wildman–Crippen LogP) is 8.56. The Morgan fingerprint density at radius 2 is 1.06 bits per heavy atom. The Morgan fingerprint density at radius 3 is 1.62 bits per heavy atom. The standard InChI is InChI=1S/C25H23N7O2.C24H23N7O2.C23H19FN6O2/c1-31-14-16(3-7-23(31)33)15-2-6-21(27-10-15)30-19-5-4-17(18-11-29-25(34)24(18)19)20-12-28-22-13-26-8-9-32(20)22;32-16-4-8-30(9-5-16)15-3-6-26-21(11-15)29-19-2-1-17(18-12-28-24(33)23(18)19)20-13-27-22-14-25-7-10-31(20)22;24-13-6-7-30-18(10-25-21(30)8-13)15-4-5-17(22-16(15)9-26-23(22)32)27-19-2-1-3-20(28-19)29-11-14(31)12-29/h2,4-6,8-10,12-13,16H,3,7,11,14H2,1H3,(H,27,30)(H,29,34);1-3,6-7,10-11,13-14,16,32H,4-5,8-9,12H2,(H,26,29)(H,28,33);1-8,10,14,31H,9,11-12H2,(H,26,32)(H,27,28)/t16-;;/m0../s1. The number of rotatable bonds is 12. The summed E-state index contributed by atoms with van der Waals surface area (Å²) < 4.78 is 19.3. The topological polar surface area (TPSA) is 307 Å². The Bertz CT molecular complexity index is 5180. The lowest BCUT2D eigenvalue weighted by Gasteiger charge is -2.36. The van der Waals surface area contributed by atoms with Crippen molar-refractivity contribution in [1.82, 2.24) is 73.9 Å². The third kappa shape index (κ3) is 11.9. The smallest absolute Gasteiger partial charge is 0.254 e. The molecular weight excluding hydrogens is 1260 g/mol. The molecule has 6 aliphatic heterocycles. The number of halogens is 1. The van der Waals surface area contributed by atoms with Crippen LogP contribution in [-0.2, 0) is 24.4 Å². The molecule has 26 nitrogen and oxygen atoms in total. The van der Waals surface area contributed by atoms with Crippen LogP contribution in [0, 0.1) is 5.82 Å². The first kappa shape index (κ1) is 61.6. The van der Waals surface area contributed by atoms with Crippen LogP contribution in [-0.4, -0.2) is 144 Å². The number of aromatic nitrogens is 11. The summed E-state index contributed by atoms with van der Waals surface area (Å²) in [6, 6.07) is 28.0. The van der Waals surface area contributed by atoms with E-state index >= 15 is 0 Å². The second-order valence-electron chi connectivity index (χ2n) is 25.1. The summed E-state index contributed by atoms with van der Waals surface area (Å²) in [4.78, 5) is 91.1. The summed E-state index contributed by atoms with van der Waals surface area (Å²) in [5.41, 5.74) is 16.2. The van der Waals surface area contributed by atoms with E-state index in [1.807, 2.05) is 124 Å². The first-order valence-electron chi connectivity index (χ1n) is 32.6. The number of likely N-dealkylation sites (N-methyl/N-ethyl adjacent to an activating group) is 1. The predicted molar refractivity (Wildman–Crippen MR) is 369 cm³/mol. The quantitative estimate of drug-likeness (QED) is 0.0568. The zero-order chi connectivity index (χ0) is 67.4. The molecule has 15 heterocycles. The lowest BCUT2D eigenvalue weighted by Crippen LogP contribution is -2.51. The van der Waals surface area contributed by atoms with Crippen molar-refractivity contribution in [3.63, 3.8) is 0 Å². The number of hydrogen-bond acceptors (Lipinski definition) is 19. The molecule has 0 spiro atoms. The van der Waals surface area contributed by atoms with E-state index in [1.54, 1.807) is 58.9 Å². The number of aliphatic hydroxyl groups is 2. The van der Waals surface area contributed by atoms with Crippen LogP contribution in [0.3, 0.4) is 0 Å². The summed E-state index contributed by atoms with van der Waals surface area (Å²) in [6.07, 6.45) is 23.6. The van der Waals surface area contributed by atoms with E-state index in [1.165, 1.54) is 12.1 Å². The van der Waals surface area contributed by atoms with Gasteiger partial charge in [-0.25, -0.2) is 34.3 Å². The van der Waals surface area contributed by atoms with Crippen LogP contribution in [0.15, 0.2) is 165 Å². The summed E-state index contributed by atoms with van der Waals surface area (Å²) in [6.45, 7) is 4.77. The fraction of sp³-hybridized carbons (Fsp3) is 0.222. The highest BCUT2D eigenvalue weighted by Gasteiger charge is 2.32. The van der Waals surface area contributed by atoms with Crippen molar-refractivity contribution in [2.75, 3.05) is 65.5 Å². The number of β-amino-alcohol motifs (C(OH)–C–C–N with tert-alkyl or cyclic N) is 1. The van der Waals surface area contributed by atoms with Gasteiger partial charge >= 0.3 is 0 Å². The minimum atomic E-state index is -0.348. The number of benzene rings is 3. The first-order valence-corrected chi connectivity index (χ1v) is 32.6. The van der Waals surface area contributed by atoms with Crippen LogP contribution in [0.1, 0.15) is 84.9 Å². The SMILES string of the molecule is CN1C[C@@H](c2ccc(Nc3ccc(-c4cnc5cnccn45)c4c3C(=O)NC4)nc2)CCC1=O.O=C1NCc2c(-c3cnc4cc(F)ccn34)ccc(Nc3cccc(N4CC(O)C4)n3)c21.O=C1NCc2c(-c3cnc4cnccn34)ccc(Nc3cc(N4CCC(O)CC4)ccn3)c21. The maximum absolute atomic E-state index is 13.6.